The number of amides is 1. The lowest BCUT2D eigenvalue weighted by Gasteiger charge is -2.59. The van der Waals surface area contributed by atoms with E-state index in [1.165, 1.54) is 4.90 Å². The number of hydrogen-bond donors (Lipinski definition) is 2. The van der Waals surface area contributed by atoms with Gasteiger partial charge in [0, 0.05) is 37.8 Å². The van der Waals surface area contributed by atoms with Gasteiger partial charge < -0.3 is 20.6 Å². The van der Waals surface area contributed by atoms with E-state index in [2.05, 4.69) is 9.97 Å². The van der Waals surface area contributed by atoms with E-state index in [1.807, 2.05) is 4.90 Å². The van der Waals surface area contributed by atoms with E-state index in [0.29, 0.717) is 24.9 Å². The molecule has 1 aromatic heterocycles. The Hall–Kier alpha value is -2.05. The highest BCUT2D eigenvalue weighted by molar-refractivity contribution is 5.67. The molecule has 1 aromatic rings. The molecule has 1 spiro atoms. The largest absolute Gasteiger partial charge is 0.465 e. The molecule has 2 saturated heterocycles. The lowest BCUT2D eigenvalue weighted by atomic mass is 9.73. The smallest absolute Gasteiger partial charge is 0.407 e. The van der Waals surface area contributed by atoms with E-state index in [-0.39, 0.29) is 5.41 Å². The number of hydrogen-bond acceptors (Lipinski definition) is 5. The number of aromatic nitrogens is 2. The van der Waals surface area contributed by atoms with Gasteiger partial charge in [-0.2, -0.15) is 4.98 Å². The first-order valence-corrected chi connectivity index (χ1v) is 5.39. The van der Waals surface area contributed by atoms with E-state index >= 15 is 0 Å². The van der Waals surface area contributed by atoms with Crippen LogP contribution in [0.3, 0.4) is 0 Å². The fourth-order valence-electron chi connectivity index (χ4n) is 2.52. The van der Waals surface area contributed by atoms with Gasteiger partial charge in [-0.1, -0.05) is 0 Å². The Kier molecular flexibility index (Phi) is 1.92. The van der Waals surface area contributed by atoms with Gasteiger partial charge in [0.2, 0.25) is 5.95 Å². The minimum atomic E-state index is -0.839. The van der Waals surface area contributed by atoms with Crippen molar-refractivity contribution in [2.75, 3.05) is 36.8 Å². The SMILES string of the molecule is Nc1ccnc(N2CC3(CN(C(=O)O)C3)C2)n1. The van der Waals surface area contributed by atoms with Crippen LogP contribution >= 0.6 is 0 Å². The summed E-state index contributed by atoms with van der Waals surface area (Å²) in [6.45, 7) is 2.84. The van der Waals surface area contributed by atoms with E-state index in [4.69, 9.17) is 10.8 Å². The number of carbonyl (C=O) groups is 1. The maximum Gasteiger partial charge on any atom is 0.407 e. The molecule has 2 aliphatic rings. The van der Waals surface area contributed by atoms with Gasteiger partial charge in [-0.15, -0.1) is 0 Å². The molecular weight excluding hydrogens is 222 g/mol. The number of anilines is 2. The van der Waals surface area contributed by atoms with Gasteiger partial charge in [-0.3, -0.25) is 0 Å². The first-order valence-electron chi connectivity index (χ1n) is 5.39. The van der Waals surface area contributed by atoms with Crippen LogP contribution in [0.25, 0.3) is 0 Å². The molecule has 0 unspecified atom stereocenters. The van der Waals surface area contributed by atoms with Crippen LogP contribution in [0.15, 0.2) is 12.3 Å². The highest BCUT2D eigenvalue weighted by Crippen LogP contribution is 2.40. The van der Waals surface area contributed by atoms with Crippen LogP contribution in [-0.2, 0) is 0 Å². The molecule has 3 N–H and O–H groups in total. The molecule has 0 aliphatic carbocycles. The summed E-state index contributed by atoms with van der Waals surface area (Å²) in [5.41, 5.74) is 5.70. The number of nitrogens with two attached hydrogens (primary N) is 1. The second-order valence-electron chi connectivity index (χ2n) is 4.78. The molecular formula is C10H13N5O2. The van der Waals surface area contributed by atoms with Gasteiger partial charge in [0.05, 0.1) is 0 Å². The fraction of sp³-hybridized carbons (Fsp3) is 0.500. The zero-order chi connectivity index (χ0) is 12.0. The number of nitrogen functional groups attached to an aromatic ring is 1. The molecule has 2 aliphatic heterocycles. The van der Waals surface area contributed by atoms with Crippen molar-refractivity contribution in [1.29, 1.82) is 0 Å². The summed E-state index contributed by atoms with van der Waals surface area (Å²) in [4.78, 5) is 22.4. The summed E-state index contributed by atoms with van der Waals surface area (Å²) in [5, 5.41) is 8.78. The van der Waals surface area contributed by atoms with E-state index in [9.17, 15) is 4.79 Å². The molecule has 7 nitrogen and oxygen atoms in total. The van der Waals surface area contributed by atoms with E-state index in [1.54, 1.807) is 12.3 Å². The Balaban J connectivity index is 1.61. The predicted octanol–water partition coefficient (Wildman–Crippen LogP) is -0.141. The molecule has 0 atom stereocenters. The second-order valence-corrected chi connectivity index (χ2v) is 4.78. The zero-order valence-electron chi connectivity index (χ0n) is 9.20. The molecule has 2 fully saturated rings. The standard InChI is InChI=1S/C10H13N5O2/c11-7-1-2-12-8(13-7)14-3-10(4-14)5-15(6-10)9(16)17/h1-2H,3-6H2,(H,16,17)(H2,11,12,13). The average molecular weight is 235 g/mol. The molecule has 0 bridgehead atoms. The van der Waals surface area contributed by atoms with Gasteiger partial charge in [0.25, 0.3) is 0 Å². The highest BCUT2D eigenvalue weighted by atomic mass is 16.4. The Morgan fingerprint density at radius 3 is 2.71 bits per heavy atom. The van der Waals surface area contributed by atoms with Crippen molar-refractivity contribution in [2.45, 2.75) is 0 Å². The number of nitrogens with zero attached hydrogens (tertiary/aromatic N) is 4. The second kappa shape index (κ2) is 3.22. The molecule has 17 heavy (non-hydrogen) atoms. The fourth-order valence-corrected chi connectivity index (χ4v) is 2.52. The van der Waals surface area contributed by atoms with Crippen LogP contribution in [0.1, 0.15) is 0 Å². The van der Waals surface area contributed by atoms with Crippen LogP contribution in [0.2, 0.25) is 0 Å². The monoisotopic (exact) mass is 235 g/mol. The third-order valence-electron chi connectivity index (χ3n) is 3.32. The third-order valence-corrected chi connectivity index (χ3v) is 3.32. The molecule has 0 radical (unpaired) electrons. The number of rotatable bonds is 1. The van der Waals surface area contributed by atoms with Crippen LogP contribution in [-0.4, -0.2) is 52.2 Å². The zero-order valence-corrected chi connectivity index (χ0v) is 9.20. The van der Waals surface area contributed by atoms with Gasteiger partial charge in [0.15, 0.2) is 0 Å². The van der Waals surface area contributed by atoms with Crippen LogP contribution in [0.4, 0.5) is 16.6 Å². The molecule has 3 heterocycles. The Morgan fingerprint density at radius 2 is 2.12 bits per heavy atom. The van der Waals surface area contributed by atoms with Gasteiger partial charge in [0.1, 0.15) is 5.82 Å². The van der Waals surface area contributed by atoms with Crippen molar-refractivity contribution < 1.29 is 9.90 Å². The van der Waals surface area contributed by atoms with Crippen molar-refractivity contribution in [3.8, 4) is 0 Å². The van der Waals surface area contributed by atoms with E-state index in [0.717, 1.165) is 13.1 Å². The topological polar surface area (TPSA) is 95.6 Å². The van der Waals surface area contributed by atoms with Crippen molar-refractivity contribution in [3.05, 3.63) is 12.3 Å². The summed E-state index contributed by atoms with van der Waals surface area (Å²) in [6.07, 6.45) is 0.793. The van der Waals surface area contributed by atoms with Crippen LogP contribution in [0.5, 0.6) is 0 Å². The summed E-state index contributed by atoms with van der Waals surface area (Å²) in [7, 11) is 0. The maximum atomic E-state index is 10.7. The molecule has 1 amide bonds. The number of likely N-dealkylation sites (tertiary alicyclic amines) is 1. The summed E-state index contributed by atoms with van der Waals surface area (Å²) in [5.74, 6) is 1.08. The normalized spacial score (nSPS) is 20.9. The molecule has 0 saturated carbocycles. The summed E-state index contributed by atoms with van der Waals surface area (Å²) < 4.78 is 0. The first-order chi connectivity index (χ1) is 8.08. The summed E-state index contributed by atoms with van der Waals surface area (Å²) >= 11 is 0. The Morgan fingerprint density at radius 1 is 1.41 bits per heavy atom. The predicted molar refractivity (Wildman–Crippen MR) is 60.7 cm³/mol. The minimum Gasteiger partial charge on any atom is -0.465 e. The minimum absolute atomic E-state index is 0.117. The lowest BCUT2D eigenvalue weighted by Crippen LogP contribution is -2.73. The quantitative estimate of drug-likeness (QED) is 0.703. The molecule has 0 aromatic carbocycles. The average Bonchev–Trinajstić information content (AvgIpc) is 2.12. The van der Waals surface area contributed by atoms with Crippen LogP contribution < -0.4 is 10.6 Å². The molecule has 7 heteroatoms. The van der Waals surface area contributed by atoms with Crippen molar-refractivity contribution in [2.24, 2.45) is 5.41 Å². The van der Waals surface area contributed by atoms with Crippen molar-refractivity contribution in [1.82, 2.24) is 14.9 Å². The van der Waals surface area contributed by atoms with Gasteiger partial charge in [-0.25, -0.2) is 9.78 Å². The maximum absolute atomic E-state index is 10.7. The Labute approximate surface area is 97.9 Å². The van der Waals surface area contributed by atoms with Gasteiger partial charge >= 0.3 is 6.09 Å². The molecule has 90 valence electrons. The van der Waals surface area contributed by atoms with Crippen LogP contribution in [0, 0.1) is 5.41 Å². The Bertz CT molecular complexity index is 464. The first kappa shape index (κ1) is 10.1. The lowest BCUT2D eigenvalue weighted by molar-refractivity contribution is -0.0101. The van der Waals surface area contributed by atoms with Gasteiger partial charge in [-0.05, 0) is 6.07 Å². The highest BCUT2D eigenvalue weighted by Gasteiger charge is 2.54. The van der Waals surface area contributed by atoms with Crippen molar-refractivity contribution >= 4 is 17.9 Å². The number of carboxylic acid groups (broad SMARTS) is 1. The molecule has 3 rings (SSSR count). The van der Waals surface area contributed by atoms with E-state index < -0.39 is 6.09 Å². The summed E-state index contributed by atoms with van der Waals surface area (Å²) in [6, 6.07) is 1.65. The third kappa shape index (κ3) is 1.54. The van der Waals surface area contributed by atoms with Crippen molar-refractivity contribution in [3.63, 3.8) is 0 Å².